The minimum absolute atomic E-state index is 0.00689. The number of carbonyl (C=O) groups excluding carboxylic acids is 1. The van der Waals surface area contributed by atoms with Gasteiger partial charge in [0.1, 0.15) is 0 Å². The standard InChI is InChI=1S/C21H26N4O3/c26-19-12-15-4-3-7-17(15)22-25(19)13-14-8-10-24(11-9-14)21(27)20-16-5-1-2-6-18(16)23-28-20/h12,14H,1-11,13H2. The summed E-state index contributed by atoms with van der Waals surface area (Å²) in [6.07, 6.45) is 8.83. The molecule has 0 N–H and O–H groups in total. The Labute approximate surface area is 163 Å². The van der Waals surface area contributed by atoms with Crippen molar-refractivity contribution in [3.8, 4) is 0 Å². The van der Waals surface area contributed by atoms with Crippen LogP contribution in [-0.2, 0) is 32.2 Å². The van der Waals surface area contributed by atoms with E-state index in [1.165, 1.54) is 0 Å². The lowest BCUT2D eigenvalue weighted by Crippen LogP contribution is -2.40. The van der Waals surface area contributed by atoms with Gasteiger partial charge in [0.15, 0.2) is 0 Å². The molecule has 3 heterocycles. The molecule has 7 nitrogen and oxygen atoms in total. The predicted molar refractivity (Wildman–Crippen MR) is 102 cm³/mol. The monoisotopic (exact) mass is 382 g/mol. The summed E-state index contributed by atoms with van der Waals surface area (Å²) >= 11 is 0. The Morgan fingerprint density at radius 2 is 1.86 bits per heavy atom. The van der Waals surface area contributed by atoms with E-state index in [1.807, 2.05) is 4.90 Å². The zero-order valence-corrected chi connectivity index (χ0v) is 16.2. The number of carbonyl (C=O) groups is 1. The minimum Gasteiger partial charge on any atom is -0.350 e. The van der Waals surface area contributed by atoms with Crippen LogP contribution in [-0.4, -0.2) is 38.8 Å². The second-order valence-corrected chi connectivity index (χ2v) is 8.37. The van der Waals surface area contributed by atoms with E-state index in [9.17, 15) is 9.59 Å². The molecule has 0 bridgehead atoms. The van der Waals surface area contributed by atoms with Crippen LogP contribution in [0.25, 0.3) is 0 Å². The smallest absolute Gasteiger partial charge is 0.292 e. The number of aryl methyl sites for hydroxylation is 3. The maximum atomic E-state index is 12.9. The van der Waals surface area contributed by atoms with Crippen LogP contribution in [0.2, 0.25) is 0 Å². The molecule has 2 aliphatic carbocycles. The molecule has 0 radical (unpaired) electrons. The van der Waals surface area contributed by atoms with Gasteiger partial charge in [0.2, 0.25) is 5.76 Å². The van der Waals surface area contributed by atoms with Gasteiger partial charge < -0.3 is 9.42 Å². The summed E-state index contributed by atoms with van der Waals surface area (Å²) < 4.78 is 7.05. The van der Waals surface area contributed by atoms with Gasteiger partial charge in [-0.15, -0.1) is 0 Å². The maximum Gasteiger partial charge on any atom is 0.292 e. The molecule has 7 heteroatoms. The predicted octanol–water partition coefficient (Wildman–Crippen LogP) is 2.15. The Kier molecular flexibility index (Phi) is 4.53. The first kappa shape index (κ1) is 17.6. The summed E-state index contributed by atoms with van der Waals surface area (Å²) in [6.45, 7) is 2.03. The maximum absolute atomic E-state index is 12.9. The second kappa shape index (κ2) is 7.18. The van der Waals surface area contributed by atoms with Gasteiger partial charge >= 0.3 is 0 Å². The molecular weight excluding hydrogens is 356 g/mol. The first-order chi connectivity index (χ1) is 13.7. The van der Waals surface area contributed by atoms with Gasteiger partial charge in [-0.3, -0.25) is 9.59 Å². The Balaban J connectivity index is 1.23. The first-order valence-electron chi connectivity index (χ1n) is 10.6. The molecule has 2 aromatic rings. The van der Waals surface area contributed by atoms with E-state index < -0.39 is 0 Å². The number of aromatic nitrogens is 3. The lowest BCUT2D eigenvalue weighted by molar-refractivity contribution is 0.0637. The summed E-state index contributed by atoms with van der Waals surface area (Å²) in [4.78, 5) is 27.1. The number of fused-ring (bicyclic) bond motifs is 2. The van der Waals surface area contributed by atoms with Gasteiger partial charge in [-0.05, 0) is 69.3 Å². The zero-order valence-electron chi connectivity index (χ0n) is 16.2. The molecule has 5 rings (SSSR count). The molecule has 2 aromatic heterocycles. The van der Waals surface area contributed by atoms with E-state index in [0.29, 0.717) is 31.3 Å². The lowest BCUT2D eigenvalue weighted by atomic mass is 9.94. The Bertz CT molecular complexity index is 953. The van der Waals surface area contributed by atoms with Gasteiger partial charge in [0, 0.05) is 31.3 Å². The van der Waals surface area contributed by atoms with Gasteiger partial charge in [-0.1, -0.05) is 5.16 Å². The fraction of sp³-hybridized carbons (Fsp3) is 0.619. The molecule has 1 amide bonds. The molecule has 3 aliphatic rings. The topological polar surface area (TPSA) is 81.2 Å². The molecular formula is C21H26N4O3. The SMILES string of the molecule is O=C(c1onc2c1CCCC2)N1CCC(Cn2nc3c(cc2=O)CCC3)CC1. The van der Waals surface area contributed by atoms with Crippen molar-refractivity contribution < 1.29 is 9.32 Å². The van der Waals surface area contributed by atoms with Crippen LogP contribution < -0.4 is 5.56 Å². The highest BCUT2D eigenvalue weighted by Gasteiger charge is 2.30. The van der Waals surface area contributed by atoms with Gasteiger partial charge in [0.05, 0.1) is 11.4 Å². The van der Waals surface area contributed by atoms with Crippen molar-refractivity contribution in [2.75, 3.05) is 13.1 Å². The molecule has 0 spiro atoms. The largest absolute Gasteiger partial charge is 0.350 e. The van der Waals surface area contributed by atoms with Crippen molar-refractivity contribution in [3.63, 3.8) is 0 Å². The van der Waals surface area contributed by atoms with Crippen molar-refractivity contribution in [1.29, 1.82) is 0 Å². The average Bonchev–Trinajstić information content (AvgIpc) is 3.35. The molecule has 1 saturated heterocycles. The van der Waals surface area contributed by atoms with Gasteiger partial charge in [-0.2, -0.15) is 5.10 Å². The van der Waals surface area contributed by atoms with Crippen LogP contribution in [0.1, 0.15) is 65.2 Å². The lowest BCUT2D eigenvalue weighted by Gasteiger charge is -2.31. The number of likely N-dealkylation sites (tertiary alicyclic amines) is 1. The van der Waals surface area contributed by atoms with Crippen molar-refractivity contribution in [1.82, 2.24) is 19.8 Å². The van der Waals surface area contributed by atoms with Crippen molar-refractivity contribution in [3.05, 3.63) is 44.7 Å². The Morgan fingerprint density at radius 1 is 1.07 bits per heavy atom. The number of hydrogen-bond donors (Lipinski definition) is 0. The number of hydrogen-bond acceptors (Lipinski definition) is 5. The third kappa shape index (κ3) is 3.16. The van der Waals surface area contributed by atoms with E-state index in [1.54, 1.807) is 10.7 Å². The minimum atomic E-state index is -0.0260. The van der Waals surface area contributed by atoms with Gasteiger partial charge in [0.25, 0.3) is 11.5 Å². The zero-order chi connectivity index (χ0) is 19.1. The van der Waals surface area contributed by atoms with Crippen LogP contribution in [0.4, 0.5) is 0 Å². The van der Waals surface area contributed by atoms with E-state index >= 15 is 0 Å². The van der Waals surface area contributed by atoms with E-state index in [0.717, 1.165) is 80.3 Å². The number of piperidine rings is 1. The number of nitrogens with zero attached hydrogens (tertiary/aromatic N) is 4. The summed E-state index contributed by atoms with van der Waals surface area (Å²) in [6, 6.07) is 1.76. The first-order valence-corrected chi connectivity index (χ1v) is 10.6. The van der Waals surface area contributed by atoms with Crippen molar-refractivity contribution >= 4 is 5.91 Å². The molecule has 28 heavy (non-hydrogen) atoms. The van der Waals surface area contributed by atoms with E-state index in [-0.39, 0.29) is 11.5 Å². The molecule has 0 saturated carbocycles. The summed E-state index contributed by atoms with van der Waals surface area (Å²) in [5.41, 5.74) is 4.20. The summed E-state index contributed by atoms with van der Waals surface area (Å²) in [5.74, 6) is 0.795. The Morgan fingerprint density at radius 3 is 2.71 bits per heavy atom. The van der Waals surface area contributed by atoms with Crippen LogP contribution in [0.3, 0.4) is 0 Å². The van der Waals surface area contributed by atoms with E-state index in [4.69, 9.17) is 4.52 Å². The number of amides is 1. The van der Waals surface area contributed by atoms with Crippen molar-refractivity contribution in [2.45, 2.75) is 64.3 Å². The highest BCUT2D eigenvalue weighted by Crippen LogP contribution is 2.27. The van der Waals surface area contributed by atoms with Gasteiger partial charge in [-0.25, -0.2) is 4.68 Å². The summed E-state index contributed by atoms with van der Waals surface area (Å²) in [5, 5.41) is 8.70. The molecule has 0 atom stereocenters. The highest BCUT2D eigenvalue weighted by atomic mass is 16.5. The van der Waals surface area contributed by atoms with E-state index in [2.05, 4.69) is 10.3 Å². The molecule has 1 aliphatic heterocycles. The molecule has 148 valence electrons. The average molecular weight is 382 g/mol. The molecule has 1 fully saturated rings. The van der Waals surface area contributed by atoms with Crippen LogP contribution >= 0.6 is 0 Å². The van der Waals surface area contributed by atoms with Crippen LogP contribution in [0.5, 0.6) is 0 Å². The highest BCUT2D eigenvalue weighted by molar-refractivity contribution is 5.93. The normalized spacial score (nSPS) is 19.5. The molecule has 0 aromatic carbocycles. The second-order valence-electron chi connectivity index (χ2n) is 8.37. The third-order valence-corrected chi connectivity index (χ3v) is 6.51. The summed E-state index contributed by atoms with van der Waals surface area (Å²) in [7, 11) is 0. The third-order valence-electron chi connectivity index (χ3n) is 6.51. The van der Waals surface area contributed by atoms with Crippen LogP contribution in [0.15, 0.2) is 15.4 Å². The molecule has 0 unspecified atom stereocenters. The Hall–Kier alpha value is -2.44. The van der Waals surface area contributed by atoms with Crippen molar-refractivity contribution in [2.24, 2.45) is 5.92 Å². The van der Waals surface area contributed by atoms with Crippen LogP contribution in [0, 0.1) is 5.92 Å². The quantitative estimate of drug-likeness (QED) is 0.812. The fourth-order valence-electron chi connectivity index (χ4n) is 4.84. The number of rotatable bonds is 3. The fourth-order valence-corrected chi connectivity index (χ4v) is 4.84.